The van der Waals surface area contributed by atoms with Crippen molar-refractivity contribution in [3.8, 4) is 5.75 Å². The highest BCUT2D eigenvalue weighted by Gasteiger charge is 2.05. The Kier molecular flexibility index (Phi) is 4.89. The molecule has 2 nitrogen and oxygen atoms in total. The Bertz CT molecular complexity index is 758. The molecule has 0 atom stereocenters. The summed E-state index contributed by atoms with van der Waals surface area (Å²) in [5.74, 6) is 0.551. The van der Waals surface area contributed by atoms with Gasteiger partial charge in [0.05, 0.1) is 5.69 Å². The Morgan fingerprint density at radius 1 is 0.783 bits per heavy atom. The van der Waals surface area contributed by atoms with E-state index in [1.165, 1.54) is 6.07 Å². The first-order valence-corrected chi connectivity index (χ1v) is 7.56. The Balaban J connectivity index is 1.67. The number of hydrogen-bond acceptors (Lipinski definition) is 2. The normalized spacial score (nSPS) is 10.3. The molecule has 0 radical (unpaired) electrons. The average molecular weight is 307 g/mol. The SMILES string of the molecule is Fc1ccccc1CNc1ccccc1OCc1ccccc1. The summed E-state index contributed by atoms with van der Waals surface area (Å²) >= 11 is 0. The van der Waals surface area contributed by atoms with Crippen LogP contribution in [0.25, 0.3) is 0 Å². The fourth-order valence-corrected chi connectivity index (χ4v) is 2.31. The van der Waals surface area contributed by atoms with Crippen LogP contribution < -0.4 is 10.1 Å². The molecule has 3 heteroatoms. The quantitative estimate of drug-likeness (QED) is 0.690. The molecule has 3 rings (SSSR count). The van der Waals surface area contributed by atoms with E-state index in [1.807, 2.05) is 60.7 Å². The molecule has 3 aromatic carbocycles. The van der Waals surface area contributed by atoms with Crippen LogP contribution in [0.4, 0.5) is 10.1 Å². The van der Waals surface area contributed by atoms with Gasteiger partial charge in [0.2, 0.25) is 0 Å². The van der Waals surface area contributed by atoms with Crippen molar-refractivity contribution in [3.63, 3.8) is 0 Å². The van der Waals surface area contributed by atoms with E-state index in [9.17, 15) is 4.39 Å². The van der Waals surface area contributed by atoms with E-state index in [0.29, 0.717) is 18.7 Å². The number of anilines is 1. The molecule has 0 bridgehead atoms. The van der Waals surface area contributed by atoms with Crippen molar-refractivity contribution in [1.29, 1.82) is 0 Å². The predicted molar refractivity (Wildman–Crippen MR) is 90.9 cm³/mol. The molecule has 0 amide bonds. The summed E-state index contributed by atoms with van der Waals surface area (Å²) in [4.78, 5) is 0. The molecule has 0 spiro atoms. The second-order valence-electron chi connectivity index (χ2n) is 5.22. The second kappa shape index (κ2) is 7.45. The maximum absolute atomic E-state index is 13.7. The standard InChI is InChI=1S/C20H18FNO/c21-18-11-5-4-10-17(18)14-22-19-12-6-7-13-20(19)23-15-16-8-2-1-3-9-16/h1-13,22H,14-15H2. The average Bonchev–Trinajstić information content (AvgIpc) is 2.61. The summed E-state index contributed by atoms with van der Waals surface area (Å²) in [6.07, 6.45) is 0. The van der Waals surface area contributed by atoms with Gasteiger partial charge in [-0.1, -0.05) is 60.7 Å². The molecule has 0 heterocycles. The molecule has 0 aliphatic carbocycles. The highest BCUT2D eigenvalue weighted by molar-refractivity contribution is 5.56. The predicted octanol–water partition coefficient (Wildman–Crippen LogP) is 5.02. The molecule has 3 aromatic rings. The highest BCUT2D eigenvalue weighted by atomic mass is 19.1. The largest absolute Gasteiger partial charge is 0.487 e. The van der Waals surface area contributed by atoms with Gasteiger partial charge in [0.15, 0.2) is 0 Å². The zero-order chi connectivity index (χ0) is 15.9. The van der Waals surface area contributed by atoms with Crippen LogP contribution in [-0.4, -0.2) is 0 Å². The van der Waals surface area contributed by atoms with Gasteiger partial charge >= 0.3 is 0 Å². The van der Waals surface area contributed by atoms with Crippen molar-refractivity contribution in [2.45, 2.75) is 13.2 Å². The van der Waals surface area contributed by atoms with Crippen molar-refractivity contribution in [2.75, 3.05) is 5.32 Å². The van der Waals surface area contributed by atoms with E-state index in [-0.39, 0.29) is 5.82 Å². The Morgan fingerprint density at radius 2 is 1.48 bits per heavy atom. The van der Waals surface area contributed by atoms with Gasteiger partial charge in [-0.25, -0.2) is 4.39 Å². The molecular formula is C20H18FNO. The minimum atomic E-state index is -0.206. The lowest BCUT2D eigenvalue weighted by Gasteiger charge is -2.13. The second-order valence-corrected chi connectivity index (χ2v) is 5.22. The van der Waals surface area contributed by atoms with Gasteiger partial charge in [-0.15, -0.1) is 0 Å². The van der Waals surface area contributed by atoms with Crippen LogP contribution in [0.2, 0.25) is 0 Å². The third-order valence-electron chi connectivity index (χ3n) is 3.55. The summed E-state index contributed by atoms with van der Waals surface area (Å²) in [6.45, 7) is 0.914. The summed E-state index contributed by atoms with van der Waals surface area (Å²) in [5.41, 5.74) is 2.59. The van der Waals surface area contributed by atoms with Gasteiger partial charge in [0, 0.05) is 12.1 Å². The van der Waals surface area contributed by atoms with Crippen molar-refractivity contribution < 1.29 is 9.13 Å². The number of halogens is 1. The molecule has 0 aliphatic rings. The van der Waals surface area contributed by atoms with Crippen LogP contribution in [0, 0.1) is 5.82 Å². The number of nitrogens with one attached hydrogen (secondary N) is 1. The van der Waals surface area contributed by atoms with E-state index >= 15 is 0 Å². The van der Waals surface area contributed by atoms with E-state index in [4.69, 9.17) is 4.74 Å². The molecule has 0 aromatic heterocycles. The van der Waals surface area contributed by atoms with Crippen LogP contribution >= 0.6 is 0 Å². The summed E-state index contributed by atoms with van der Waals surface area (Å²) in [7, 11) is 0. The third kappa shape index (κ3) is 4.10. The lowest BCUT2D eigenvalue weighted by atomic mass is 10.2. The minimum absolute atomic E-state index is 0.206. The van der Waals surface area contributed by atoms with Crippen LogP contribution in [0.5, 0.6) is 5.75 Å². The van der Waals surface area contributed by atoms with Crippen molar-refractivity contribution in [2.24, 2.45) is 0 Å². The van der Waals surface area contributed by atoms with Gasteiger partial charge in [0.25, 0.3) is 0 Å². The van der Waals surface area contributed by atoms with Gasteiger partial charge in [-0.05, 0) is 23.8 Å². The molecule has 116 valence electrons. The van der Waals surface area contributed by atoms with E-state index in [0.717, 1.165) is 17.0 Å². The summed E-state index contributed by atoms with van der Waals surface area (Å²) in [5, 5.41) is 3.24. The maximum Gasteiger partial charge on any atom is 0.142 e. The number of hydrogen-bond donors (Lipinski definition) is 1. The highest BCUT2D eigenvalue weighted by Crippen LogP contribution is 2.25. The van der Waals surface area contributed by atoms with Gasteiger partial charge in [-0.2, -0.15) is 0 Å². The van der Waals surface area contributed by atoms with Gasteiger partial charge < -0.3 is 10.1 Å². The number of benzene rings is 3. The lowest BCUT2D eigenvalue weighted by Crippen LogP contribution is -2.04. The third-order valence-corrected chi connectivity index (χ3v) is 3.55. The van der Waals surface area contributed by atoms with Gasteiger partial charge in [0.1, 0.15) is 18.2 Å². The summed E-state index contributed by atoms with van der Waals surface area (Å²) in [6, 6.07) is 24.5. The molecule has 0 saturated heterocycles. The first-order chi connectivity index (χ1) is 11.3. The number of rotatable bonds is 6. The smallest absolute Gasteiger partial charge is 0.142 e. The monoisotopic (exact) mass is 307 g/mol. The molecule has 0 fully saturated rings. The fraction of sp³-hybridized carbons (Fsp3) is 0.100. The molecule has 0 saturated carbocycles. The topological polar surface area (TPSA) is 21.3 Å². The van der Waals surface area contributed by atoms with Crippen LogP contribution in [0.3, 0.4) is 0 Å². The number of ether oxygens (including phenoxy) is 1. The Morgan fingerprint density at radius 3 is 2.30 bits per heavy atom. The van der Waals surface area contributed by atoms with E-state index < -0.39 is 0 Å². The van der Waals surface area contributed by atoms with Gasteiger partial charge in [-0.3, -0.25) is 0 Å². The Labute approximate surface area is 135 Å². The maximum atomic E-state index is 13.7. The first-order valence-electron chi connectivity index (χ1n) is 7.56. The number of para-hydroxylation sites is 2. The van der Waals surface area contributed by atoms with E-state index in [2.05, 4.69) is 5.32 Å². The minimum Gasteiger partial charge on any atom is -0.487 e. The molecule has 0 unspecified atom stereocenters. The lowest BCUT2D eigenvalue weighted by molar-refractivity contribution is 0.307. The zero-order valence-corrected chi connectivity index (χ0v) is 12.7. The van der Waals surface area contributed by atoms with Crippen molar-refractivity contribution in [1.82, 2.24) is 0 Å². The molecule has 1 N–H and O–H groups in total. The van der Waals surface area contributed by atoms with Crippen molar-refractivity contribution in [3.05, 3.63) is 95.8 Å². The van der Waals surface area contributed by atoms with Crippen molar-refractivity contribution >= 4 is 5.69 Å². The molecule has 0 aliphatic heterocycles. The fourth-order valence-electron chi connectivity index (χ4n) is 2.31. The first kappa shape index (κ1) is 15.1. The van der Waals surface area contributed by atoms with Crippen LogP contribution in [0.15, 0.2) is 78.9 Å². The zero-order valence-electron chi connectivity index (χ0n) is 12.7. The van der Waals surface area contributed by atoms with Crippen LogP contribution in [0.1, 0.15) is 11.1 Å². The molecule has 23 heavy (non-hydrogen) atoms. The Hall–Kier alpha value is -2.81. The van der Waals surface area contributed by atoms with E-state index in [1.54, 1.807) is 12.1 Å². The summed E-state index contributed by atoms with van der Waals surface area (Å²) < 4.78 is 19.6. The molecular weight excluding hydrogens is 289 g/mol. The van der Waals surface area contributed by atoms with Crippen LogP contribution in [-0.2, 0) is 13.2 Å².